The van der Waals surface area contributed by atoms with Crippen LogP contribution in [0.5, 0.6) is 0 Å². The molecule has 0 amide bonds. The maximum Gasteiger partial charge on any atom is 0.416 e. The molecule has 0 bridgehead atoms. The van der Waals surface area contributed by atoms with Crippen molar-refractivity contribution in [2.24, 2.45) is 0 Å². The topological polar surface area (TPSA) is 86.3 Å². The van der Waals surface area contributed by atoms with E-state index in [4.69, 9.17) is 9.47 Å². The average molecular weight is 592 g/mol. The Labute approximate surface area is 230 Å². The van der Waals surface area contributed by atoms with E-state index in [9.17, 15) is 35.9 Å². The van der Waals surface area contributed by atoms with Crippen LogP contribution in [-0.2, 0) is 34.9 Å². The van der Waals surface area contributed by atoms with Crippen molar-refractivity contribution < 1.29 is 44.9 Å². The smallest absolute Gasteiger partial charge is 0.416 e. The third-order valence-electron chi connectivity index (χ3n) is 6.73. The van der Waals surface area contributed by atoms with E-state index in [1.807, 2.05) is 4.90 Å². The van der Waals surface area contributed by atoms with Crippen molar-refractivity contribution in [3.63, 3.8) is 0 Å². The second-order valence-corrected chi connectivity index (χ2v) is 10.1. The first-order valence-electron chi connectivity index (χ1n) is 12.5. The van der Waals surface area contributed by atoms with Crippen LogP contribution in [0.25, 0.3) is 0 Å². The summed E-state index contributed by atoms with van der Waals surface area (Å²) in [6.07, 6.45) is -12.9. The van der Waals surface area contributed by atoms with Crippen LogP contribution >= 0.6 is 0 Å². The number of hydrogen-bond donors (Lipinski definition) is 1. The van der Waals surface area contributed by atoms with Gasteiger partial charge < -0.3 is 24.2 Å². The predicted molar refractivity (Wildman–Crippen MR) is 131 cm³/mol. The number of benzene rings is 2. The molecule has 41 heavy (non-hydrogen) atoms. The van der Waals surface area contributed by atoms with Crippen LogP contribution in [0.15, 0.2) is 42.5 Å². The third-order valence-corrected chi connectivity index (χ3v) is 6.73. The van der Waals surface area contributed by atoms with Gasteiger partial charge in [0.1, 0.15) is 30.3 Å². The molecular weight excluding hydrogens is 563 g/mol. The minimum atomic E-state index is -5.05. The minimum Gasteiger partial charge on any atom is -0.632 e. The van der Waals surface area contributed by atoms with Gasteiger partial charge in [-0.1, -0.05) is 0 Å². The monoisotopic (exact) mass is 591 g/mol. The summed E-state index contributed by atoms with van der Waals surface area (Å²) in [4.78, 5) is 1.82. The first kappa shape index (κ1) is 30.8. The second-order valence-electron chi connectivity index (χ2n) is 10.1. The maximum atomic E-state index is 14.4. The molecule has 2 aromatic carbocycles. The van der Waals surface area contributed by atoms with Gasteiger partial charge in [-0.2, -0.15) is 41.8 Å². The number of alkyl halides is 6. The zero-order valence-electron chi connectivity index (χ0n) is 22.3. The predicted octanol–water partition coefficient (Wildman–Crippen LogP) is 5.73. The Balaban J connectivity index is 1.71. The molecule has 0 radical (unpaired) electrons. The van der Waals surface area contributed by atoms with Gasteiger partial charge in [0, 0.05) is 12.1 Å². The summed E-state index contributed by atoms with van der Waals surface area (Å²) >= 11 is 0. The minimum absolute atomic E-state index is 0.0252. The molecule has 1 aliphatic heterocycles. The van der Waals surface area contributed by atoms with E-state index in [0.29, 0.717) is 35.6 Å². The van der Waals surface area contributed by atoms with Gasteiger partial charge in [0.15, 0.2) is 6.04 Å². The normalized spacial score (nSPS) is 22.7. The number of halogens is 7. The lowest BCUT2D eigenvalue weighted by Crippen LogP contribution is -2.56. The van der Waals surface area contributed by atoms with E-state index < -0.39 is 57.9 Å². The summed E-state index contributed by atoms with van der Waals surface area (Å²) < 4.78 is 105. The molecule has 0 spiro atoms. The number of aromatic nitrogens is 3. The zero-order valence-corrected chi connectivity index (χ0v) is 22.3. The summed E-state index contributed by atoms with van der Waals surface area (Å²) in [7, 11) is 3.61. The maximum absolute atomic E-state index is 14.4. The number of nitrogens with one attached hydrogen (secondary N) is 1. The molecule has 224 valence electrons. The van der Waals surface area contributed by atoms with E-state index in [-0.39, 0.29) is 25.8 Å². The molecule has 1 fully saturated rings. The van der Waals surface area contributed by atoms with Crippen LogP contribution in [-0.4, -0.2) is 58.5 Å². The average Bonchev–Trinajstić information content (AvgIpc) is 3.28. The molecule has 4 atom stereocenters. The number of hydroxylamine groups is 3. The van der Waals surface area contributed by atoms with Gasteiger partial charge in [-0.25, -0.2) is 4.39 Å². The summed E-state index contributed by atoms with van der Waals surface area (Å²) in [6.45, 7) is 1.21. The largest absolute Gasteiger partial charge is 0.632 e. The van der Waals surface area contributed by atoms with Crippen LogP contribution in [0.2, 0.25) is 0 Å². The van der Waals surface area contributed by atoms with Crippen LogP contribution in [0.1, 0.15) is 52.7 Å². The number of H-pyrrole nitrogens is 1. The molecule has 2 heterocycles. The molecular formula is C26H28F7N5O3. The molecule has 0 saturated carbocycles. The van der Waals surface area contributed by atoms with Gasteiger partial charge in [-0.15, -0.1) is 0 Å². The first-order valence-corrected chi connectivity index (χ1v) is 12.5. The van der Waals surface area contributed by atoms with E-state index in [2.05, 4.69) is 15.4 Å². The van der Waals surface area contributed by atoms with Gasteiger partial charge in [-0.05, 0) is 69.0 Å². The molecule has 4 rings (SSSR count). The van der Waals surface area contributed by atoms with Crippen LogP contribution < -0.4 is 0 Å². The Morgan fingerprint density at radius 1 is 1.02 bits per heavy atom. The summed E-state index contributed by atoms with van der Waals surface area (Å²) in [5.41, 5.74) is -2.22. The van der Waals surface area contributed by atoms with E-state index >= 15 is 0 Å². The molecule has 15 heteroatoms. The highest BCUT2D eigenvalue weighted by Crippen LogP contribution is 2.42. The van der Waals surface area contributed by atoms with Crippen molar-refractivity contribution in [1.82, 2.24) is 20.3 Å². The lowest BCUT2D eigenvalue weighted by atomic mass is 10.00. The van der Waals surface area contributed by atoms with Crippen molar-refractivity contribution >= 4 is 0 Å². The number of nitrogens with zero attached hydrogens (tertiary/aromatic N) is 4. The number of morpholine rings is 1. The molecule has 8 nitrogen and oxygen atoms in total. The molecule has 3 aromatic rings. The lowest BCUT2D eigenvalue weighted by Gasteiger charge is -2.53. The van der Waals surface area contributed by atoms with Crippen molar-refractivity contribution in [2.45, 2.75) is 50.8 Å². The van der Waals surface area contributed by atoms with Crippen LogP contribution in [0, 0.1) is 11.0 Å². The third kappa shape index (κ3) is 7.22. The lowest BCUT2D eigenvalue weighted by molar-refractivity contribution is -0.941. The van der Waals surface area contributed by atoms with Gasteiger partial charge in [0.25, 0.3) is 0 Å². The Morgan fingerprint density at radius 2 is 1.61 bits per heavy atom. The van der Waals surface area contributed by atoms with Crippen LogP contribution in [0.3, 0.4) is 0 Å². The Bertz CT molecular complexity index is 1300. The molecule has 1 N–H and O–H groups in total. The highest BCUT2D eigenvalue weighted by molar-refractivity contribution is 5.34. The van der Waals surface area contributed by atoms with Crippen LogP contribution in [0.4, 0.5) is 30.7 Å². The zero-order chi connectivity index (χ0) is 30.2. The van der Waals surface area contributed by atoms with Gasteiger partial charge in [-0.3, -0.25) is 0 Å². The summed E-state index contributed by atoms with van der Waals surface area (Å²) in [5, 5.41) is 25.2. The fourth-order valence-electron chi connectivity index (χ4n) is 4.73. The Hall–Kier alpha value is -3.11. The van der Waals surface area contributed by atoms with E-state index in [1.165, 1.54) is 19.1 Å². The summed E-state index contributed by atoms with van der Waals surface area (Å²) in [6, 6.07) is 4.94. The second kappa shape index (κ2) is 11.6. The molecule has 0 aliphatic carbocycles. The SMILES string of the molecule is CC(OC1OCC[N+]([O-])(Cc2n[nH]nc2CN(C)C)C1c1ccc(F)cc1)c1cc(C(F)(F)F)cc(C(F)(F)F)c1. The molecule has 4 unspecified atom stereocenters. The number of rotatable bonds is 8. The van der Waals surface area contributed by atoms with Gasteiger partial charge >= 0.3 is 12.4 Å². The van der Waals surface area contributed by atoms with Gasteiger partial charge in [0.2, 0.25) is 6.29 Å². The molecule has 1 aliphatic rings. The highest BCUT2D eigenvalue weighted by Gasteiger charge is 2.45. The number of quaternary nitrogens is 1. The number of ether oxygens (including phenoxy) is 2. The van der Waals surface area contributed by atoms with Crippen molar-refractivity contribution in [1.29, 1.82) is 0 Å². The van der Waals surface area contributed by atoms with E-state index in [0.717, 1.165) is 12.1 Å². The Kier molecular flexibility index (Phi) is 8.76. The highest BCUT2D eigenvalue weighted by atomic mass is 19.4. The number of hydrogen-bond acceptors (Lipinski definition) is 6. The first-order chi connectivity index (χ1) is 19.1. The van der Waals surface area contributed by atoms with E-state index in [1.54, 1.807) is 14.1 Å². The quantitative estimate of drug-likeness (QED) is 0.205. The number of aromatic amines is 1. The van der Waals surface area contributed by atoms with Crippen molar-refractivity contribution in [2.75, 3.05) is 27.2 Å². The molecule has 1 saturated heterocycles. The van der Waals surface area contributed by atoms with Crippen molar-refractivity contribution in [3.8, 4) is 0 Å². The fraction of sp³-hybridized carbons (Fsp3) is 0.462. The van der Waals surface area contributed by atoms with Crippen molar-refractivity contribution in [3.05, 3.63) is 87.1 Å². The Morgan fingerprint density at radius 3 is 2.17 bits per heavy atom. The fourth-order valence-corrected chi connectivity index (χ4v) is 4.73. The molecule has 1 aromatic heterocycles. The standard InChI is InChI=1S/C26H28F7N5O3/c1-15(17-10-18(25(28,29)30)12-19(11-17)26(31,32)33)41-24-23(16-4-6-20(27)7-5-16)38(39,8-9-40-24)14-22-21(13-37(2)3)34-36-35-22/h4-7,10-12,15,23-24H,8-9,13-14H2,1-3H3,(H,34,35,36). The summed E-state index contributed by atoms with van der Waals surface area (Å²) in [5.74, 6) is -0.575. The van der Waals surface area contributed by atoms with Gasteiger partial charge in [0.05, 0.1) is 23.8 Å².